The molecule has 2 fully saturated rings. The lowest BCUT2D eigenvalue weighted by Crippen LogP contribution is -2.65. The first-order valence-electron chi connectivity index (χ1n) is 10.6. The van der Waals surface area contributed by atoms with Crippen molar-refractivity contribution in [2.45, 2.75) is 61.2 Å². The molecule has 0 bridgehead atoms. The fourth-order valence-corrected chi connectivity index (χ4v) is 6.05. The average molecular weight is 442 g/mol. The van der Waals surface area contributed by atoms with Gasteiger partial charge in [-0.15, -0.1) is 0 Å². The second-order valence-corrected chi connectivity index (χ2v) is 11.4. The highest BCUT2D eigenvalue weighted by Gasteiger charge is 2.38. The van der Waals surface area contributed by atoms with Crippen LogP contribution in [0, 0.1) is 0 Å². The van der Waals surface area contributed by atoms with Crippen molar-refractivity contribution in [2.24, 2.45) is 0 Å². The zero-order valence-corrected chi connectivity index (χ0v) is 19.4. The predicted octanol–water partition coefficient (Wildman–Crippen LogP) is 2.62. The van der Waals surface area contributed by atoms with Crippen molar-refractivity contribution >= 4 is 21.6 Å². The fraction of sp³-hybridized carbons (Fsp3) is 0.714. The van der Waals surface area contributed by atoms with E-state index in [0.29, 0.717) is 10.1 Å². The second kappa shape index (κ2) is 10.6. The van der Waals surface area contributed by atoms with Gasteiger partial charge in [-0.25, -0.2) is 8.42 Å². The van der Waals surface area contributed by atoms with E-state index in [0.717, 1.165) is 38.0 Å². The van der Waals surface area contributed by atoms with Crippen LogP contribution >= 0.6 is 11.8 Å². The average Bonchev–Trinajstić information content (AvgIpc) is 3.23. The van der Waals surface area contributed by atoms with Crippen molar-refractivity contribution in [3.05, 3.63) is 29.8 Å². The Labute approximate surface area is 180 Å². The molecular formula is C21H35N3O3S2. The number of hydrogen-bond acceptors (Lipinski definition) is 7. The van der Waals surface area contributed by atoms with E-state index >= 15 is 0 Å². The van der Waals surface area contributed by atoms with E-state index in [2.05, 4.69) is 34.2 Å². The molecule has 4 unspecified atom stereocenters. The van der Waals surface area contributed by atoms with Crippen molar-refractivity contribution in [1.29, 1.82) is 0 Å². The van der Waals surface area contributed by atoms with Crippen molar-refractivity contribution in [3.8, 4) is 0 Å². The number of methoxy groups -OCH3 is 1. The van der Waals surface area contributed by atoms with Crippen LogP contribution in [0.5, 0.6) is 0 Å². The summed E-state index contributed by atoms with van der Waals surface area (Å²) in [7, 11) is -1.42. The number of nitrogens with one attached hydrogen (secondary N) is 2. The third-order valence-electron chi connectivity index (χ3n) is 5.85. The van der Waals surface area contributed by atoms with E-state index in [-0.39, 0.29) is 18.4 Å². The molecule has 0 saturated carbocycles. The van der Waals surface area contributed by atoms with Crippen LogP contribution in [0.3, 0.4) is 0 Å². The highest BCUT2D eigenvalue weighted by atomic mass is 32.2. The normalized spacial score (nSPS) is 28.7. The van der Waals surface area contributed by atoms with Crippen molar-refractivity contribution in [3.63, 3.8) is 0 Å². The molecule has 3 rings (SSSR count). The van der Waals surface area contributed by atoms with Gasteiger partial charge in [0.25, 0.3) is 0 Å². The summed E-state index contributed by atoms with van der Waals surface area (Å²) < 4.78 is 29.4. The topological polar surface area (TPSA) is 70.7 Å². The summed E-state index contributed by atoms with van der Waals surface area (Å²) in [5.41, 5.74) is 1.14. The van der Waals surface area contributed by atoms with Crippen LogP contribution in [0.1, 0.15) is 44.2 Å². The predicted molar refractivity (Wildman–Crippen MR) is 120 cm³/mol. The number of thioether (sulfide) groups is 1. The van der Waals surface area contributed by atoms with Gasteiger partial charge in [0.05, 0.1) is 4.90 Å². The first-order chi connectivity index (χ1) is 13.9. The molecule has 2 aliphatic heterocycles. The van der Waals surface area contributed by atoms with Crippen LogP contribution in [0.15, 0.2) is 29.2 Å². The van der Waals surface area contributed by atoms with Gasteiger partial charge in [0.1, 0.15) is 12.4 Å². The van der Waals surface area contributed by atoms with Crippen LogP contribution in [0.2, 0.25) is 0 Å². The maximum absolute atomic E-state index is 11.8. The van der Waals surface area contributed by atoms with Gasteiger partial charge < -0.3 is 4.74 Å². The Bertz CT molecular complexity index is 736. The molecule has 2 N–H and O–H groups in total. The summed E-state index contributed by atoms with van der Waals surface area (Å²) in [5, 5.41) is 8.00. The zero-order chi connectivity index (χ0) is 20.9. The minimum Gasteiger partial charge on any atom is -0.363 e. The number of unbranched alkanes of at least 4 members (excludes halogenated alkanes) is 1. The Kier molecular flexibility index (Phi) is 8.41. The van der Waals surface area contributed by atoms with Gasteiger partial charge in [0, 0.05) is 44.3 Å². The molecule has 2 aliphatic rings. The smallest absolute Gasteiger partial charge is 0.175 e. The lowest BCUT2D eigenvalue weighted by molar-refractivity contribution is -0.0700. The Balaban J connectivity index is 1.80. The molecule has 164 valence electrons. The van der Waals surface area contributed by atoms with E-state index in [4.69, 9.17) is 4.74 Å². The third kappa shape index (κ3) is 5.95. The summed E-state index contributed by atoms with van der Waals surface area (Å²) in [6, 6.07) is 7.54. The molecule has 4 atom stereocenters. The van der Waals surface area contributed by atoms with Gasteiger partial charge in [-0.3, -0.25) is 15.5 Å². The van der Waals surface area contributed by atoms with E-state index < -0.39 is 9.84 Å². The molecule has 8 heteroatoms. The summed E-state index contributed by atoms with van der Waals surface area (Å²) in [4.78, 5) is 2.87. The van der Waals surface area contributed by atoms with E-state index in [1.54, 1.807) is 19.2 Å². The van der Waals surface area contributed by atoms with E-state index in [9.17, 15) is 8.42 Å². The van der Waals surface area contributed by atoms with Crippen molar-refractivity contribution in [1.82, 2.24) is 15.5 Å². The molecule has 0 aromatic heterocycles. The quantitative estimate of drug-likeness (QED) is 0.610. The highest BCUT2D eigenvalue weighted by Crippen LogP contribution is 2.30. The van der Waals surface area contributed by atoms with Crippen molar-refractivity contribution in [2.75, 3.05) is 38.8 Å². The summed E-state index contributed by atoms with van der Waals surface area (Å²) >= 11 is 2.06. The molecular weight excluding hydrogens is 406 g/mol. The summed E-state index contributed by atoms with van der Waals surface area (Å²) in [5.74, 6) is 1.26. The van der Waals surface area contributed by atoms with Gasteiger partial charge in [0.15, 0.2) is 9.84 Å². The molecule has 29 heavy (non-hydrogen) atoms. The Hall–Kier alpha value is -0.640. The molecule has 1 aromatic carbocycles. The van der Waals surface area contributed by atoms with Gasteiger partial charge in [0.2, 0.25) is 0 Å². The van der Waals surface area contributed by atoms with Crippen LogP contribution in [-0.2, 0) is 14.6 Å². The fourth-order valence-electron chi connectivity index (χ4n) is 4.20. The first-order valence-corrected chi connectivity index (χ1v) is 13.5. The zero-order valence-electron chi connectivity index (χ0n) is 17.8. The molecule has 6 nitrogen and oxygen atoms in total. The first kappa shape index (κ1) is 23.0. The molecule has 2 heterocycles. The molecule has 0 radical (unpaired) electrons. The maximum Gasteiger partial charge on any atom is 0.175 e. The number of benzene rings is 1. The number of ether oxygens (including phenoxy) is 1. The molecule has 0 spiro atoms. The third-order valence-corrected chi connectivity index (χ3v) is 8.38. The minimum absolute atomic E-state index is 0.0650. The lowest BCUT2D eigenvalue weighted by atomic mass is 10.0. The highest BCUT2D eigenvalue weighted by molar-refractivity contribution is 8.00. The summed E-state index contributed by atoms with van der Waals surface area (Å²) in [6.45, 7) is 4.95. The van der Waals surface area contributed by atoms with Gasteiger partial charge in [-0.1, -0.05) is 25.5 Å². The number of nitrogens with zero attached hydrogens (tertiary/aromatic N) is 1. The van der Waals surface area contributed by atoms with Gasteiger partial charge in [-0.05, 0) is 42.7 Å². The van der Waals surface area contributed by atoms with Gasteiger partial charge in [-0.2, -0.15) is 11.8 Å². The lowest BCUT2D eigenvalue weighted by Gasteiger charge is -2.47. The number of rotatable bonds is 9. The van der Waals surface area contributed by atoms with Crippen LogP contribution in [-0.4, -0.2) is 69.7 Å². The number of piperazine rings is 1. The van der Waals surface area contributed by atoms with Gasteiger partial charge >= 0.3 is 0 Å². The molecule has 2 saturated heterocycles. The SMILES string of the molecule is CCCCN1C(c2ccc(S(C)(=O)=O)cc2)CNC(OC)C1NCC1CCCS1. The Morgan fingerprint density at radius 3 is 2.66 bits per heavy atom. The number of hydrogen-bond donors (Lipinski definition) is 2. The monoisotopic (exact) mass is 441 g/mol. The summed E-state index contributed by atoms with van der Waals surface area (Å²) in [6.07, 6.45) is 6.11. The molecule has 0 aliphatic carbocycles. The van der Waals surface area contributed by atoms with E-state index in [1.807, 2.05) is 12.1 Å². The van der Waals surface area contributed by atoms with Crippen LogP contribution in [0.4, 0.5) is 0 Å². The van der Waals surface area contributed by atoms with E-state index in [1.165, 1.54) is 24.9 Å². The molecule has 0 amide bonds. The van der Waals surface area contributed by atoms with Crippen molar-refractivity contribution < 1.29 is 13.2 Å². The Morgan fingerprint density at radius 1 is 1.31 bits per heavy atom. The maximum atomic E-state index is 11.8. The molecule has 1 aromatic rings. The Morgan fingerprint density at radius 2 is 2.07 bits per heavy atom. The number of sulfone groups is 1. The second-order valence-electron chi connectivity index (χ2n) is 8.00. The van der Waals surface area contributed by atoms with Crippen LogP contribution < -0.4 is 10.6 Å². The largest absolute Gasteiger partial charge is 0.363 e. The van der Waals surface area contributed by atoms with Crippen LogP contribution in [0.25, 0.3) is 0 Å². The minimum atomic E-state index is -3.18. The standard InChI is InChI=1S/C21H35N3O3S2/c1-4-5-12-24-19(16-8-10-18(11-9-16)29(3,25)26)15-23-21(27-2)20(24)22-14-17-7-6-13-28-17/h8-11,17,19-23H,4-7,12-15H2,1-3H3.